The first-order valence-electron chi connectivity index (χ1n) is 7.84. The second kappa shape index (κ2) is 6.87. The lowest BCUT2D eigenvalue weighted by molar-refractivity contribution is 0.376. The number of hydrogen-bond donors (Lipinski definition) is 2. The number of rotatable bonds is 5. The quantitative estimate of drug-likeness (QED) is 0.812. The highest BCUT2D eigenvalue weighted by atomic mass is 14.9. The van der Waals surface area contributed by atoms with E-state index in [0.29, 0.717) is 0 Å². The molecule has 1 atom stereocenters. The van der Waals surface area contributed by atoms with Crippen molar-refractivity contribution < 1.29 is 0 Å². The summed E-state index contributed by atoms with van der Waals surface area (Å²) in [5.74, 6) is 0. The summed E-state index contributed by atoms with van der Waals surface area (Å²) < 4.78 is 0. The van der Waals surface area contributed by atoms with E-state index in [9.17, 15) is 0 Å². The Kier molecular flexibility index (Phi) is 4.67. The fourth-order valence-corrected chi connectivity index (χ4v) is 3.12. The van der Waals surface area contributed by atoms with Crippen LogP contribution in [0.2, 0.25) is 0 Å². The molecular formula is C18H24N2. The van der Waals surface area contributed by atoms with Crippen molar-refractivity contribution in [1.29, 1.82) is 0 Å². The first-order chi connectivity index (χ1) is 9.93. The number of hydrogen-bond acceptors (Lipinski definition) is 2. The van der Waals surface area contributed by atoms with Crippen molar-refractivity contribution in [2.75, 3.05) is 13.1 Å². The summed E-state index contributed by atoms with van der Waals surface area (Å²) in [6.07, 6.45) is 5.32. The molecule has 0 bridgehead atoms. The molecule has 2 nitrogen and oxygen atoms in total. The van der Waals surface area contributed by atoms with Gasteiger partial charge < -0.3 is 10.6 Å². The smallest absolute Gasteiger partial charge is 0.0211 e. The molecule has 2 aromatic rings. The Balaban J connectivity index is 1.52. The normalized spacial score (nSPS) is 19.3. The van der Waals surface area contributed by atoms with Gasteiger partial charge in [0.15, 0.2) is 0 Å². The van der Waals surface area contributed by atoms with Crippen LogP contribution in [0, 0.1) is 0 Å². The van der Waals surface area contributed by atoms with E-state index in [4.69, 9.17) is 0 Å². The highest BCUT2D eigenvalue weighted by Crippen LogP contribution is 2.18. The zero-order chi connectivity index (χ0) is 13.6. The second-order valence-electron chi connectivity index (χ2n) is 5.75. The molecule has 1 fully saturated rings. The van der Waals surface area contributed by atoms with Crippen molar-refractivity contribution in [2.45, 2.75) is 38.3 Å². The average molecular weight is 268 g/mol. The molecule has 0 spiro atoms. The summed E-state index contributed by atoms with van der Waals surface area (Å²) in [5, 5.41) is 9.92. The minimum absolute atomic E-state index is 0.726. The molecule has 0 amide bonds. The van der Waals surface area contributed by atoms with E-state index in [-0.39, 0.29) is 0 Å². The van der Waals surface area contributed by atoms with Crippen LogP contribution in [0.4, 0.5) is 0 Å². The third kappa shape index (κ3) is 3.38. The molecule has 1 saturated heterocycles. The maximum atomic E-state index is 3.61. The molecule has 1 unspecified atom stereocenters. The van der Waals surface area contributed by atoms with Crippen molar-refractivity contribution in [3.8, 4) is 0 Å². The summed E-state index contributed by atoms with van der Waals surface area (Å²) in [4.78, 5) is 0. The van der Waals surface area contributed by atoms with E-state index in [0.717, 1.165) is 19.1 Å². The van der Waals surface area contributed by atoms with Crippen LogP contribution in [0.5, 0.6) is 0 Å². The van der Waals surface area contributed by atoms with Gasteiger partial charge in [-0.1, -0.05) is 48.9 Å². The van der Waals surface area contributed by atoms with Gasteiger partial charge in [0.25, 0.3) is 0 Å². The summed E-state index contributed by atoms with van der Waals surface area (Å²) in [5.41, 5.74) is 1.40. The largest absolute Gasteiger partial charge is 0.314 e. The standard InChI is InChI=1S/C18H24N2/c1-2-10-18-15(6-1)7-5-8-16(18)14-19-13-11-17-9-3-4-12-20-17/h1-2,5-8,10,17,19-20H,3-4,9,11-14H2. The van der Waals surface area contributed by atoms with Crippen LogP contribution in [0.15, 0.2) is 42.5 Å². The van der Waals surface area contributed by atoms with Crippen molar-refractivity contribution in [2.24, 2.45) is 0 Å². The Morgan fingerprint density at radius 2 is 1.95 bits per heavy atom. The Bertz CT molecular complexity index is 539. The van der Waals surface area contributed by atoms with Crippen LogP contribution in [0.1, 0.15) is 31.2 Å². The highest BCUT2D eigenvalue weighted by Gasteiger charge is 2.11. The molecular weight excluding hydrogens is 244 g/mol. The van der Waals surface area contributed by atoms with Gasteiger partial charge >= 0.3 is 0 Å². The zero-order valence-corrected chi connectivity index (χ0v) is 12.1. The van der Waals surface area contributed by atoms with Crippen molar-refractivity contribution >= 4 is 10.8 Å². The van der Waals surface area contributed by atoms with Gasteiger partial charge in [-0.15, -0.1) is 0 Å². The molecule has 2 aromatic carbocycles. The van der Waals surface area contributed by atoms with Gasteiger partial charge in [0.1, 0.15) is 0 Å². The van der Waals surface area contributed by atoms with Gasteiger partial charge in [0, 0.05) is 12.6 Å². The fourth-order valence-electron chi connectivity index (χ4n) is 3.12. The molecule has 2 N–H and O–H groups in total. The fraction of sp³-hybridized carbons (Fsp3) is 0.444. The second-order valence-corrected chi connectivity index (χ2v) is 5.75. The molecule has 1 aliphatic heterocycles. The van der Waals surface area contributed by atoms with Crippen LogP contribution >= 0.6 is 0 Å². The molecule has 1 heterocycles. The molecule has 2 heteroatoms. The Morgan fingerprint density at radius 3 is 2.85 bits per heavy atom. The highest BCUT2D eigenvalue weighted by molar-refractivity contribution is 5.85. The number of fused-ring (bicyclic) bond motifs is 1. The Hall–Kier alpha value is -1.38. The maximum Gasteiger partial charge on any atom is 0.0211 e. The summed E-state index contributed by atoms with van der Waals surface area (Å²) in [6, 6.07) is 15.9. The van der Waals surface area contributed by atoms with Crippen molar-refractivity contribution in [3.05, 3.63) is 48.0 Å². The lowest BCUT2D eigenvalue weighted by Gasteiger charge is -2.23. The lowest BCUT2D eigenvalue weighted by atomic mass is 10.0. The molecule has 20 heavy (non-hydrogen) atoms. The molecule has 0 aliphatic carbocycles. The minimum atomic E-state index is 0.726. The van der Waals surface area contributed by atoms with Crippen LogP contribution in [-0.2, 0) is 6.54 Å². The van der Waals surface area contributed by atoms with E-state index in [2.05, 4.69) is 53.1 Å². The van der Waals surface area contributed by atoms with Gasteiger partial charge in [0.2, 0.25) is 0 Å². The van der Waals surface area contributed by atoms with Gasteiger partial charge in [-0.3, -0.25) is 0 Å². The van der Waals surface area contributed by atoms with Gasteiger partial charge in [0.05, 0.1) is 0 Å². The molecule has 106 valence electrons. The summed E-state index contributed by atoms with van der Waals surface area (Å²) >= 11 is 0. The van der Waals surface area contributed by atoms with Crippen LogP contribution < -0.4 is 10.6 Å². The Morgan fingerprint density at radius 1 is 1.05 bits per heavy atom. The number of piperidine rings is 1. The lowest BCUT2D eigenvalue weighted by Crippen LogP contribution is -2.36. The predicted molar refractivity (Wildman–Crippen MR) is 85.9 cm³/mol. The third-order valence-corrected chi connectivity index (χ3v) is 4.28. The number of nitrogens with one attached hydrogen (secondary N) is 2. The van der Waals surface area contributed by atoms with Crippen LogP contribution in [0.3, 0.4) is 0 Å². The predicted octanol–water partition coefficient (Wildman–Crippen LogP) is 3.46. The van der Waals surface area contributed by atoms with E-state index < -0.39 is 0 Å². The van der Waals surface area contributed by atoms with E-state index in [1.807, 2.05) is 0 Å². The SMILES string of the molecule is c1ccc2c(CNCCC3CCCCN3)cccc2c1. The molecule has 0 radical (unpaired) electrons. The monoisotopic (exact) mass is 268 g/mol. The van der Waals surface area contributed by atoms with Crippen molar-refractivity contribution in [3.63, 3.8) is 0 Å². The first-order valence-corrected chi connectivity index (χ1v) is 7.84. The first kappa shape index (κ1) is 13.6. The molecule has 1 aliphatic rings. The van der Waals surface area contributed by atoms with Gasteiger partial charge in [-0.25, -0.2) is 0 Å². The molecule has 3 rings (SSSR count). The topological polar surface area (TPSA) is 24.1 Å². The zero-order valence-electron chi connectivity index (χ0n) is 12.1. The maximum absolute atomic E-state index is 3.61. The average Bonchev–Trinajstić information content (AvgIpc) is 2.53. The summed E-state index contributed by atoms with van der Waals surface area (Å²) in [7, 11) is 0. The minimum Gasteiger partial charge on any atom is -0.314 e. The molecule has 0 aromatic heterocycles. The summed E-state index contributed by atoms with van der Waals surface area (Å²) in [6.45, 7) is 3.27. The van der Waals surface area contributed by atoms with Crippen LogP contribution in [-0.4, -0.2) is 19.1 Å². The third-order valence-electron chi connectivity index (χ3n) is 4.28. The van der Waals surface area contributed by atoms with E-state index in [1.54, 1.807) is 0 Å². The van der Waals surface area contributed by atoms with E-state index in [1.165, 1.54) is 48.6 Å². The Labute approximate surface area is 121 Å². The van der Waals surface area contributed by atoms with Crippen molar-refractivity contribution in [1.82, 2.24) is 10.6 Å². The van der Waals surface area contributed by atoms with Gasteiger partial charge in [-0.2, -0.15) is 0 Å². The molecule has 0 saturated carbocycles. The van der Waals surface area contributed by atoms with Gasteiger partial charge in [-0.05, 0) is 48.7 Å². The number of benzene rings is 2. The van der Waals surface area contributed by atoms with Crippen LogP contribution in [0.25, 0.3) is 10.8 Å². The van der Waals surface area contributed by atoms with E-state index >= 15 is 0 Å².